The summed E-state index contributed by atoms with van der Waals surface area (Å²) in [6, 6.07) is 10.7. The fourth-order valence-corrected chi connectivity index (χ4v) is 4.50. The van der Waals surface area contributed by atoms with Gasteiger partial charge in [-0.25, -0.2) is 0 Å². The van der Waals surface area contributed by atoms with Crippen LogP contribution in [0.5, 0.6) is 11.5 Å². The fourth-order valence-electron chi connectivity index (χ4n) is 3.30. The van der Waals surface area contributed by atoms with E-state index in [9.17, 15) is 31.6 Å². The number of fused-ring (bicyclic) bond motifs is 2. The molecule has 0 aliphatic heterocycles. The van der Waals surface area contributed by atoms with Crippen LogP contribution in [0, 0.1) is 0 Å². The maximum absolute atomic E-state index is 12.8. The maximum Gasteiger partial charge on any atom is 1.00 e. The Bertz CT molecular complexity index is 1710. The van der Waals surface area contributed by atoms with Crippen molar-refractivity contribution in [1.82, 2.24) is 0 Å². The first-order valence-corrected chi connectivity index (χ1v) is 11.9. The Hall–Kier alpha value is -1.78. The van der Waals surface area contributed by atoms with E-state index in [1.54, 1.807) is 0 Å². The average molecular weight is 533 g/mol. The molecule has 0 atom stereocenters. The van der Waals surface area contributed by atoms with E-state index in [2.05, 4.69) is 10.2 Å². The molecule has 0 heterocycles. The van der Waals surface area contributed by atoms with Crippen LogP contribution in [-0.2, 0) is 20.2 Å². The van der Waals surface area contributed by atoms with Crippen LogP contribution in [0.4, 0.5) is 17.1 Å². The molecule has 11 nitrogen and oxygen atoms in total. The number of rotatable bonds is 4. The van der Waals surface area contributed by atoms with Gasteiger partial charge < -0.3 is 15.9 Å². The number of hydrogen-bond acceptors (Lipinski definition) is 9. The molecule has 0 bridgehead atoms. The summed E-state index contributed by atoms with van der Waals surface area (Å²) < 4.78 is 64.2. The van der Waals surface area contributed by atoms with Gasteiger partial charge >= 0.3 is 59.1 Å². The predicted octanol–water partition coefficient (Wildman–Crippen LogP) is -3.36. The van der Waals surface area contributed by atoms with Crippen LogP contribution in [0.15, 0.2) is 74.6 Å². The van der Waals surface area contributed by atoms with Crippen LogP contribution < -0.4 is 75.1 Å². The summed E-state index contributed by atoms with van der Waals surface area (Å²) in [5, 5.41) is 33.2. The van der Waals surface area contributed by atoms with E-state index in [-0.39, 0.29) is 97.2 Å². The molecular weight excluding hydrogens is 520 g/mol. The number of anilines is 1. The molecule has 4 N–H and O–H groups in total. The van der Waals surface area contributed by atoms with E-state index < -0.39 is 36.6 Å². The van der Waals surface area contributed by atoms with Gasteiger partial charge in [-0.15, -0.1) is 0 Å². The third-order valence-electron chi connectivity index (χ3n) is 4.84. The van der Waals surface area contributed by atoms with Crippen molar-refractivity contribution < 1.29 is 95.3 Å². The van der Waals surface area contributed by atoms with Crippen molar-refractivity contribution in [1.29, 1.82) is 0 Å². The quantitative estimate of drug-likeness (QED) is 0.103. The Morgan fingerprint density at radius 2 is 1.40 bits per heavy atom. The first-order chi connectivity index (χ1) is 15.4. The average Bonchev–Trinajstić information content (AvgIpc) is 2.71. The van der Waals surface area contributed by atoms with Gasteiger partial charge in [0.2, 0.25) is 0 Å². The molecule has 0 fully saturated rings. The van der Waals surface area contributed by atoms with E-state index in [4.69, 9.17) is 10.3 Å². The van der Waals surface area contributed by atoms with Crippen molar-refractivity contribution in [2.45, 2.75) is 9.79 Å². The molecule has 0 radical (unpaired) electrons. The molecule has 4 aromatic rings. The van der Waals surface area contributed by atoms with Gasteiger partial charge in [-0.3, -0.25) is 9.11 Å². The van der Waals surface area contributed by atoms with Crippen molar-refractivity contribution in [2.24, 2.45) is 10.2 Å². The topological polar surface area (TPSA) is 206 Å². The van der Waals surface area contributed by atoms with E-state index in [0.29, 0.717) is 5.39 Å². The monoisotopic (exact) mass is 533 g/mol. The second kappa shape index (κ2) is 10.7. The second-order valence-corrected chi connectivity index (χ2v) is 9.78. The maximum atomic E-state index is 12.8. The van der Waals surface area contributed by atoms with Crippen LogP contribution >= 0.6 is 0 Å². The van der Waals surface area contributed by atoms with E-state index >= 15 is 0 Å². The van der Waals surface area contributed by atoms with Gasteiger partial charge in [0.25, 0.3) is 20.2 Å². The van der Waals surface area contributed by atoms with Crippen LogP contribution in [-0.4, -0.2) is 25.9 Å². The number of azo groups is 1. The van der Waals surface area contributed by atoms with Crippen molar-refractivity contribution >= 4 is 58.8 Å². The molecule has 170 valence electrons. The summed E-state index contributed by atoms with van der Waals surface area (Å²) in [4.78, 5) is -0.870. The standard InChI is InChI=1S/C20H15N3O8S2.2Na/c21-14-4-6-18(33(29,30)31)13-3-5-15(20(25)19(13)14)22-23-16-8-10-1-2-12(32(26,27)28)7-11(10)9-17(16)24;;/h1-9,24-25H,21H2,(H,26,27,28)(H,29,30,31);;/q;2*+1/p-2. The third kappa shape index (κ3) is 5.97. The Morgan fingerprint density at radius 1 is 0.743 bits per heavy atom. The molecule has 0 spiro atoms. The Kier molecular flexibility index (Phi) is 8.99. The summed E-state index contributed by atoms with van der Waals surface area (Å²) in [6.45, 7) is 0. The first-order valence-electron chi connectivity index (χ1n) is 9.00. The van der Waals surface area contributed by atoms with Gasteiger partial charge in [-0.2, -0.15) is 27.1 Å². The molecule has 0 amide bonds. The zero-order valence-electron chi connectivity index (χ0n) is 18.3. The molecular formula is C20H13N3Na2O8S2. The molecule has 0 aliphatic rings. The number of nitrogens with zero attached hydrogens (tertiary/aromatic N) is 2. The first kappa shape index (κ1) is 29.5. The fraction of sp³-hybridized carbons (Fsp3) is 0. The van der Waals surface area contributed by atoms with Gasteiger partial charge in [0.05, 0.1) is 16.3 Å². The minimum Gasteiger partial charge on any atom is -0.871 e. The number of nitrogens with two attached hydrogens (primary N) is 1. The van der Waals surface area contributed by atoms with E-state index in [1.165, 1.54) is 24.3 Å². The second-order valence-electron chi connectivity index (χ2n) is 6.97. The van der Waals surface area contributed by atoms with Crippen LogP contribution in [0.2, 0.25) is 0 Å². The SMILES string of the molecule is Nc1ccc(S(=O)(=O)O)c2ccc(N=Nc3cc4ccc(S(=O)(=O)O)cc4cc3[O-])c([O-])c12.[Na+].[Na+]. The number of nitrogen functional groups attached to an aromatic ring is 1. The third-order valence-corrected chi connectivity index (χ3v) is 6.60. The Labute approximate surface area is 243 Å². The zero-order chi connectivity index (χ0) is 24.1. The van der Waals surface area contributed by atoms with Gasteiger partial charge in [-0.1, -0.05) is 29.7 Å². The molecule has 15 heteroatoms. The summed E-state index contributed by atoms with van der Waals surface area (Å²) in [7, 11) is -9.06. The van der Waals surface area contributed by atoms with Crippen LogP contribution in [0.3, 0.4) is 0 Å². The molecule has 0 saturated carbocycles. The summed E-state index contributed by atoms with van der Waals surface area (Å²) in [6.07, 6.45) is 0. The molecule has 0 saturated heterocycles. The van der Waals surface area contributed by atoms with Crippen molar-refractivity contribution in [3.05, 3.63) is 54.6 Å². The summed E-state index contributed by atoms with van der Waals surface area (Å²) >= 11 is 0. The van der Waals surface area contributed by atoms with Gasteiger partial charge in [0.1, 0.15) is 4.90 Å². The molecule has 0 aliphatic carbocycles. The van der Waals surface area contributed by atoms with Gasteiger partial charge in [0.15, 0.2) is 0 Å². The van der Waals surface area contributed by atoms with Crippen LogP contribution in [0.25, 0.3) is 21.5 Å². The Balaban J connectivity index is 0.00000216. The van der Waals surface area contributed by atoms with Gasteiger partial charge in [-0.05, 0) is 47.2 Å². The minimum atomic E-state index is -4.61. The number of hydrogen-bond donors (Lipinski definition) is 3. The van der Waals surface area contributed by atoms with Crippen molar-refractivity contribution in [3.63, 3.8) is 0 Å². The summed E-state index contributed by atoms with van der Waals surface area (Å²) in [5.41, 5.74) is 5.39. The predicted molar refractivity (Wildman–Crippen MR) is 115 cm³/mol. The zero-order valence-corrected chi connectivity index (χ0v) is 24.0. The van der Waals surface area contributed by atoms with Crippen molar-refractivity contribution in [2.75, 3.05) is 5.73 Å². The van der Waals surface area contributed by atoms with E-state index in [1.807, 2.05) is 0 Å². The van der Waals surface area contributed by atoms with Gasteiger partial charge in [0, 0.05) is 16.5 Å². The smallest absolute Gasteiger partial charge is 0.871 e. The van der Waals surface area contributed by atoms with E-state index in [0.717, 1.165) is 30.3 Å². The van der Waals surface area contributed by atoms with Crippen molar-refractivity contribution in [3.8, 4) is 11.5 Å². The normalized spacial score (nSPS) is 11.9. The molecule has 4 aromatic carbocycles. The van der Waals surface area contributed by atoms with Crippen LogP contribution in [0.1, 0.15) is 0 Å². The largest absolute Gasteiger partial charge is 1.00 e. The summed E-state index contributed by atoms with van der Waals surface area (Å²) in [5.74, 6) is -1.38. The minimum absolute atomic E-state index is 0. The molecule has 0 unspecified atom stereocenters. The number of benzene rings is 4. The molecule has 35 heavy (non-hydrogen) atoms. The molecule has 4 rings (SSSR count). The molecule has 0 aromatic heterocycles. The Morgan fingerprint density at radius 3 is 2.03 bits per heavy atom.